The van der Waals surface area contributed by atoms with Crippen LogP contribution in [0, 0.1) is 18.6 Å². The van der Waals surface area contributed by atoms with Crippen LogP contribution in [0.4, 0.5) is 27.8 Å². The number of para-hydroxylation sites is 1. The highest BCUT2D eigenvalue weighted by Crippen LogP contribution is 2.40. The summed E-state index contributed by atoms with van der Waals surface area (Å²) in [6.07, 6.45) is 2.63. The molecule has 4 aromatic rings. The highest BCUT2D eigenvalue weighted by molar-refractivity contribution is 7.90. The van der Waals surface area contributed by atoms with Gasteiger partial charge in [0.25, 0.3) is 0 Å². The van der Waals surface area contributed by atoms with Crippen molar-refractivity contribution in [3.63, 3.8) is 0 Å². The van der Waals surface area contributed by atoms with Gasteiger partial charge in [-0.15, -0.1) is 0 Å². The highest BCUT2D eigenvalue weighted by Gasteiger charge is 2.37. The lowest BCUT2D eigenvalue weighted by atomic mass is 10.0. The van der Waals surface area contributed by atoms with E-state index in [0.29, 0.717) is 12.6 Å². The minimum absolute atomic E-state index is 0.0755. The van der Waals surface area contributed by atoms with E-state index in [1.165, 1.54) is 37.6 Å². The van der Waals surface area contributed by atoms with E-state index < -0.39 is 61.8 Å². The molecule has 0 radical (unpaired) electrons. The number of anilines is 1. The Hall–Kier alpha value is -4.70. The molecule has 0 N–H and O–H groups in total. The van der Waals surface area contributed by atoms with Crippen molar-refractivity contribution in [3.8, 4) is 16.9 Å². The lowest BCUT2D eigenvalue weighted by molar-refractivity contribution is -0.137. The van der Waals surface area contributed by atoms with E-state index in [0.717, 1.165) is 55.0 Å². The molecule has 10 nitrogen and oxygen atoms in total. The molecule has 276 valence electrons. The number of pyridine rings is 1. The normalized spacial score (nSPS) is 17.7. The van der Waals surface area contributed by atoms with E-state index in [4.69, 9.17) is 0 Å². The zero-order chi connectivity index (χ0) is 37.5. The molecule has 2 aliphatic rings. The van der Waals surface area contributed by atoms with Crippen molar-refractivity contribution in [3.05, 3.63) is 87.9 Å². The number of aromatic nitrogens is 3. The molecule has 0 bridgehead atoms. The van der Waals surface area contributed by atoms with Gasteiger partial charge in [0.2, 0.25) is 5.91 Å². The first-order chi connectivity index (χ1) is 24.6. The van der Waals surface area contributed by atoms with Crippen LogP contribution < -0.4 is 10.6 Å². The van der Waals surface area contributed by atoms with Crippen LogP contribution in [0.1, 0.15) is 37.3 Å². The van der Waals surface area contributed by atoms with Gasteiger partial charge in [-0.25, -0.2) is 31.5 Å². The number of piperidine rings is 1. The molecule has 0 unspecified atom stereocenters. The molecule has 1 atom stereocenters. The van der Waals surface area contributed by atoms with Crippen molar-refractivity contribution in [1.82, 2.24) is 24.3 Å². The summed E-state index contributed by atoms with van der Waals surface area (Å²) in [5.74, 6) is -3.01. The Balaban J connectivity index is 1.48. The molecule has 16 heteroatoms. The molecule has 2 fully saturated rings. The third-order valence-corrected chi connectivity index (χ3v) is 10.6. The smallest absolute Gasteiger partial charge is 0.350 e. The molecule has 2 aromatic carbocycles. The molecule has 1 amide bonds. The number of sulfone groups is 1. The third kappa shape index (κ3) is 7.31. The Morgan fingerprint density at radius 2 is 1.69 bits per heavy atom. The topological polar surface area (TPSA) is 109 Å². The molecular formula is C36H37F5N6O4S. The Morgan fingerprint density at radius 1 is 0.981 bits per heavy atom. The fourth-order valence-electron chi connectivity index (χ4n) is 6.94. The summed E-state index contributed by atoms with van der Waals surface area (Å²) < 4.78 is 100. The fraction of sp³-hybridized carbons (Fsp3) is 0.389. The minimum atomic E-state index is -5.10. The van der Waals surface area contributed by atoms with Crippen LogP contribution in [-0.2, 0) is 20.8 Å². The van der Waals surface area contributed by atoms with E-state index in [1.54, 1.807) is 16.7 Å². The van der Waals surface area contributed by atoms with Crippen LogP contribution in [0.15, 0.2) is 64.3 Å². The first-order valence-electron chi connectivity index (χ1n) is 16.8. The average molecular weight is 745 g/mol. The predicted molar refractivity (Wildman–Crippen MR) is 186 cm³/mol. The van der Waals surface area contributed by atoms with E-state index >= 15 is 8.78 Å². The average Bonchev–Trinajstić information content (AvgIpc) is 3.08. The van der Waals surface area contributed by atoms with E-state index in [2.05, 4.69) is 14.9 Å². The number of fused-ring (bicyclic) bond motifs is 1. The number of amides is 1. The van der Waals surface area contributed by atoms with Crippen LogP contribution in [-0.4, -0.2) is 90.2 Å². The predicted octanol–water partition coefficient (Wildman–Crippen LogP) is 5.54. The number of halogens is 5. The lowest BCUT2D eigenvalue weighted by Crippen LogP contribution is -2.54. The fourth-order valence-corrected chi connectivity index (χ4v) is 7.87. The van der Waals surface area contributed by atoms with Gasteiger partial charge in [-0.3, -0.25) is 9.69 Å². The number of carbonyl (C=O) groups is 1. The summed E-state index contributed by atoms with van der Waals surface area (Å²) in [6, 6.07) is 6.71. The highest BCUT2D eigenvalue weighted by atomic mass is 32.2. The summed E-state index contributed by atoms with van der Waals surface area (Å²) >= 11 is 0. The van der Waals surface area contributed by atoms with Crippen molar-refractivity contribution in [2.75, 3.05) is 50.4 Å². The minimum Gasteiger partial charge on any atom is -0.350 e. The van der Waals surface area contributed by atoms with Gasteiger partial charge in [0.15, 0.2) is 21.3 Å². The van der Waals surface area contributed by atoms with Gasteiger partial charge in [-0.05, 0) is 69.6 Å². The van der Waals surface area contributed by atoms with E-state index in [-0.39, 0.29) is 52.9 Å². The number of carbonyl (C=O) groups excluding carboxylic acids is 1. The standard InChI is InChI=1S/C36H37F5N6O4S/c1-22-10-7-13-28(52(3,50)51)32(22)47-34-24(20-27(38)31(42-34)30-25(36(39,40)41)11-8-12-26(30)37)33(43-35(47)49)46-19-18-45(21-23(46)2)29(48)14-9-17-44-15-5-4-6-16-44/h7-14,20,23H,4-6,15-19,21H2,1-3H3/b14-9+/t23-/m0/s1. The SMILES string of the molecule is Cc1cccc(S(C)(=O)=O)c1-n1c(=O)nc(N2CCN(C(=O)/C=C/CN3CCCCC3)C[C@@H]2C)c2cc(F)c(-c3c(F)cccc3C(F)(F)F)nc21. The van der Waals surface area contributed by atoms with E-state index in [9.17, 15) is 31.2 Å². The first kappa shape index (κ1) is 37.1. The number of hydrogen-bond donors (Lipinski definition) is 0. The van der Waals surface area contributed by atoms with Gasteiger partial charge in [0.05, 0.1) is 27.1 Å². The second-order valence-electron chi connectivity index (χ2n) is 13.2. The second-order valence-corrected chi connectivity index (χ2v) is 15.2. The number of piperazine rings is 1. The maximum Gasteiger partial charge on any atom is 0.417 e. The van der Waals surface area contributed by atoms with Crippen LogP contribution in [0.25, 0.3) is 28.0 Å². The first-order valence-corrected chi connectivity index (χ1v) is 18.7. The van der Waals surface area contributed by atoms with Crippen molar-refractivity contribution in [1.29, 1.82) is 0 Å². The summed E-state index contributed by atoms with van der Waals surface area (Å²) in [5.41, 5.74) is -5.10. The summed E-state index contributed by atoms with van der Waals surface area (Å²) in [5, 5.41) is -0.137. The third-order valence-electron chi connectivity index (χ3n) is 9.46. The maximum absolute atomic E-state index is 16.1. The summed E-state index contributed by atoms with van der Waals surface area (Å²) in [6.45, 7) is 6.46. The van der Waals surface area contributed by atoms with Crippen molar-refractivity contribution in [2.24, 2.45) is 0 Å². The van der Waals surface area contributed by atoms with Gasteiger partial charge in [-0.1, -0.05) is 30.7 Å². The number of alkyl halides is 3. The molecular weight excluding hydrogens is 707 g/mol. The largest absolute Gasteiger partial charge is 0.417 e. The number of aryl methyl sites for hydroxylation is 1. The molecule has 0 saturated carbocycles. The molecule has 4 heterocycles. The lowest BCUT2D eigenvalue weighted by Gasteiger charge is -2.40. The molecule has 52 heavy (non-hydrogen) atoms. The molecule has 0 aliphatic carbocycles. The molecule has 6 rings (SSSR count). The molecule has 2 saturated heterocycles. The second kappa shape index (κ2) is 14.4. The summed E-state index contributed by atoms with van der Waals surface area (Å²) in [4.78, 5) is 40.9. The number of nitrogens with zero attached hydrogens (tertiary/aromatic N) is 6. The van der Waals surface area contributed by atoms with Gasteiger partial charge >= 0.3 is 11.9 Å². The Morgan fingerprint density at radius 3 is 2.37 bits per heavy atom. The number of benzene rings is 2. The van der Waals surface area contributed by atoms with Crippen molar-refractivity contribution >= 4 is 32.6 Å². The quantitative estimate of drug-likeness (QED) is 0.180. The zero-order valence-corrected chi connectivity index (χ0v) is 29.6. The van der Waals surface area contributed by atoms with Gasteiger partial charge in [0.1, 0.15) is 17.3 Å². The Labute approximate surface area is 297 Å². The number of likely N-dealkylation sites (tertiary alicyclic amines) is 1. The summed E-state index contributed by atoms with van der Waals surface area (Å²) in [7, 11) is -4.01. The van der Waals surface area contributed by atoms with Crippen LogP contribution >= 0.6 is 0 Å². The molecule has 2 aromatic heterocycles. The van der Waals surface area contributed by atoms with Gasteiger partial charge in [0, 0.05) is 44.6 Å². The monoisotopic (exact) mass is 744 g/mol. The Kier molecular flexibility index (Phi) is 10.2. The van der Waals surface area contributed by atoms with Crippen LogP contribution in [0.5, 0.6) is 0 Å². The molecule has 2 aliphatic heterocycles. The van der Waals surface area contributed by atoms with Gasteiger partial charge < -0.3 is 9.80 Å². The Bertz CT molecular complexity index is 2240. The van der Waals surface area contributed by atoms with Crippen molar-refractivity contribution in [2.45, 2.75) is 50.2 Å². The van der Waals surface area contributed by atoms with Crippen molar-refractivity contribution < 1.29 is 35.2 Å². The van der Waals surface area contributed by atoms with Gasteiger partial charge in [-0.2, -0.15) is 18.2 Å². The molecule has 0 spiro atoms. The number of rotatable bonds is 7. The zero-order valence-electron chi connectivity index (χ0n) is 28.8. The van der Waals surface area contributed by atoms with E-state index in [1.807, 2.05) is 6.08 Å². The van der Waals surface area contributed by atoms with Crippen LogP contribution in [0.3, 0.4) is 0 Å². The van der Waals surface area contributed by atoms with Crippen LogP contribution in [0.2, 0.25) is 0 Å². The maximum atomic E-state index is 16.1. The number of hydrogen-bond acceptors (Lipinski definition) is 8.